The molecule has 2 atom stereocenters. The van der Waals surface area contributed by atoms with Gasteiger partial charge in [0.25, 0.3) is 5.92 Å². The number of alkyl halides is 2. The molecule has 0 fully saturated rings. The molecule has 1 aliphatic rings. The van der Waals surface area contributed by atoms with Crippen LogP contribution in [0.5, 0.6) is 0 Å². The Hall–Kier alpha value is -3.07. The number of aromatic nitrogens is 2. The summed E-state index contributed by atoms with van der Waals surface area (Å²) in [7, 11) is 0. The molecule has 1 aromatic heterocycles. The molecule has 1 unspecified atom stereocenters. The van der Waals surface area contributed by atoms with E-state index in [1.54, 1.807) is 30.7 Å². The first-order valence-electron chi connectivity index (χ1n) is 8.58. The molecule has 0 N–H and O–H groups in total. The maximum atomic E-state index is 14.6. The van der Waals surface area contributed by atoms with E-state index in [4.69, 9.17) is 5.26 Å². The Bertz CT molecular complexity index is 1040. The lowest BCUT2D eigenvalue weighted by atomic mass is 9.89. The number of fused-ring (bicyclic) bond motifs is 1. The summed E-state index contributed by atoms with van der Waals surface area (Å²) < 4.78 is 43.9. The van der Waals surface area contributed by atoms with Crippen molar-refractivity contribution in [3.8, 4) is 6.07 Å². The average Bonchev–Trinajstić information content (AvgIpc) is 3.24. The number of halogens is 3. The predicted molar refractivity (Wildman–Crippen MR) is 94.0 cm³/mol. The van der Waals surface area contributed by atoms with E-state index in [9.17, 15) is 13.2 Å². The van der Waals surface area contributed by atoms with Gasteiger partial charge in [-0.2, -0.15) is 5.26 Å². The quantitative estimate of drug-likeness (QED) is 0.644. The topological polar surface area (TPSA) is 41.6 Å². The van der Waals surface area contributed by atoms with Crippen molar-refractivity contribution < 1.29 is 13.2 Å². The van der Waals surface area contributed by atoms with Crippen LogP contribution in [-0.2, 0) is 5.92 Å². The molecule has 6 heteroatoms. The number of benzene rings is 2. The van der Waals surface area contributed by atoms with Crippen molar-refractivity contribution in [2.45, 2.75) is 31.2 Å². The van der Waals surface area contributed by atoms with Crippen molar-refractivity contribution in [3.05, 3.63) is 88.8 Å². The Labute approximate surface area is 154 Å². The third kappa shape index (κ3) is 2.99. The van der Waals surface area contributed by atoms with Gasteiger partial charge in [-0.25, -0.2) is 18.2 Å². The SMILES string of the molecule is CC(F)(F)c1cccc(C2C[C@H](c3ccc(C#N)cc3F)n3cncc32)c1. The largest absolute Gasteiger partial charge is 0.326 e. The molecule has 0 saturated carbocycles. The van der Waals surface area contributed by atoms with Crippen LogP contribution in [0.15, 0.2) is 55.0 Å². The summed E-state index contributed by atoms with van der Waals surface area (Å²) in [6.45, 7) is 0.875. The van der Waals surface area contributed by atoms with E-state index >= 15 is 0 Å². The molecule has 0 aliphatic carbocycles. The third-order valence-corrected chi connectivity index (χ3v) is 5.13. The van der Waals surface area contributed by atoms with E-state index in [1.165, 1.54) is 18.2 Å². The van der Waals surface area contributed by atoms with Gasteiger partial charge < -0.3 is 4.57 Å². The van der Waals surface area contributed by atoms with Crippen molar-refractivity contribution in [1.29, 1.82) is 5.26 Å². The minimum Gasteiger partial charge on any atom is -0.326 e. The number of nitrogens with zero attached hydrogens (tertiary/aromatic N) is 3. The van der Waals surface area contributed by atoms with E-state index in [0.29, 0.717) is 12.0 Å². The molecule has 3 nitrogen and oxygen atoms in total. The van der Waals surface area contributed by atoms with Gasteiger partial charge in [-0.15, -0.1) is 0 Å². The second kappa shape index (κ2) is 6.27. The van der Waals surface area contributed by atoms with Gasteiger partial charge in [0, 0.05) is 35.9 Å². The molecule has 0 amide bonds. The zero-order valence-corrected chi connectivity index (χ0v) is 14.5. The summed E-state index contributed by atoms with van der Waals surface area (Å²) in [5, 5.41) is 8.93. The fraction of sp³-hybridized carbons (Fsp3) is 0.238. The lowest BCUT2D eigenvalue weighted by molar-refractivity contribution is 0.0174. The maximum Gasteiger partial charge on any atom is 0.270 e. The summed E-state index contributed by atoms with van der Waals surface area (Å²) >= 11 is 0. The van der Waals surface area contributed by atoms with Gasteiger partial charge in [-0.3, -0.25) is 0 Å². The van der Waals surface area contributed by atoms with Crippen LogP contribution in [0, 0.1) is 17.1 Å². The van der Waals surface area contributed by atoms with Gasteiger partial charge in [0.15, 0.2) is 0 Å². The first-order valence-corrected chi connectivity index (χ1v) is 8.58. The minimum atomic E-state index is -2.92. The van der Waals surface area contributed by atoms with E-state index in [-0.39, 0.29) is 23.1 Å². The van der Waals surface area contributed by atoms with Gasteiger partial charge in [0.05, 0.1) is 24.0 Å². The molecule has 3 aromatic rings. The zero-order valence-electron chi connectivity index (χ0n) is 14.5. The van der Waals surface area contributed by atoms with Crippen LogP contribution in [-0.4, -0.2) is 9.55 Å². The molecular weight excluding hydrogens is 351 g/mol. The van der Waals surface area contributed by atoms with Crippen LogP contribution < -0.4 is 0 Å². The van der Waals surface area contributed by atoms with E-state index < -0.39 is 11.7 Å². The molecule has 4 rings (SSSR count). The second-order valence-electron chi connectivity index (χ2n) is 6.89. The van der Waals surface area contributed by atoms with Crippen LogP contribution >= 0.6 is 0 Å². The van der Waals surface area contributed by atoms with Crippen molar-refractivity contribution in [2.24, 2.45) is 0 Å². The lowest BCUT2D eigenvalue weighted by Gasteiger charge is -2.16. The van der Waals surface area contributed by atoms with Crippen LogP contribution in [0.1, 0.15) is 53.3 Å². The number of imidazole rings is 1. The monoisotopic (exact) mass is 367 g/mol. The molecule has 27 heavy (non-hydrogen) atoms. The number of nitriles is 1. The summed E-state index contributed by atoms with van der Waals surface area (Å²) in [5.41, 5.74) is 2.30. The summed E-state index contributed by atoms with van der Waals surface area (Å²) in [6, 6.07) is 12.4. The number of rotatable bonds is 3. The summed E-state index contributed by atoms with van der Waals surface area (Å²) in [6.07, 6.45) is 3.87. The predicted octanol–water partition coefficient (Wildman–Crippen LogP) is 5.13. The molecule has 0 saturated heterocycles. The Morgan fingerprint density at radius 3 is 2.74 bits per heavy atom. The third-order valence-electron chi connectivity index (χ3n) is 5.13. The van der Waals surface area contributed by atoms with Gasteiger partial charge in [0.1, 0.15) is 5.82 Å². The summed E-state index contributed by atoms with van der Waals surface area (Å²) in [5.74, 6) is -3.53. The summed E-state index contributed by atoms with van der Waals surface area (Å²) in [4.78, 5) is 4.17. The molecule has 2 aromatic carbocycles. The number of hydrogen-bond acceptors (Lipinski definition) is 2. The van der Waals surface area contributed by atoms with Crippen molar-refractivity contribution in [2.75, 3.05) is 0 Å². The molecular formula is C21H16F3N3. The number of hydrogen-bond donors (Lipinski definition) is 0. The van der Waals surface area contributed by atoms with Gasteiger partial charge >= 0.3 is 0 Å². The second-order valence-corrected chi connectivity index (χ2v) is 6.89. The molecule has 0 bridgehead atoms. The van der Waals surface area contributed by atoms with Crippen molar-refractivity contribution >= 4 is 0 Å². The Morgan fingerprint density at radius 1 is 1.22 bits per heavy atom. The average molecular weight is 367 g/mol. The Kier molecular flexibility index (Phi) is 4.03. The van der Waals surface area contributed by atoms with Gasteiger partial charge in [0.2, 0.25) is 0 Å². The fourth-order valence-electron chi connectivity index (χ4n) is 3.78. The van der Waals surface area contributed by atoms with Crippen LogP contribution in [0.3, 0.4) is 0 Å². The first-order chi connectivity index (χ1) is 12.9. The maximum absolute atomic E-state index is 14.6. The fourth-order valence-corrected chi connectivity index (χ4v) is 3.78. The molecule has 0 radical (unpaired) electrons. The normalized spacial score (nSPS) is 18.9. The van der Waals surface area contributed by atoms with Crippen LogP contribution in [0.4, 0.5) is 13.2 Å². The highest BCUT2D eigenvalue weighted by Gasteiger charge is 2.35. The molecule has 136 valence electrons. The van der Waals surface area contributed by atoms with Crippen molar-refractivity contribution in [3.63, 3.8) is 0 Å². The van der Waals surface area contributed by atoms with Gasteiger partial charge in [-0.05, 0) is 30.2 Å². The van der Waals surface area contributed by atoms with E-state index in [1.807, 2.05) is 16.7 Å². The van der Waals surface area contributed by atoms with E-state index in [2.05, 4.69) is 4.98 Å². The highest BCUT2D eigenvalue weighted by molar-refractivity contribution is 5.40. The zero-order chi connectivity index (χ0) is 19.2. The smallest absolute Gasteiger partial charge is 0.270 e. The first kappa shape index (κ1) is 17.3. The van der Waals surface area contributed by atoms with Crippen molar-refractivity contribution in [1.82, 2.24) is 9.55 Å². The molecule has 1 aliphatic heterocycles. The van der Waals surface area contributed by atoms with Crippen LogP contribution in [0.2, 0.25) is 0 Å². The highest BCUT2D eigenvalue weighted by atomic mass is 19.3. The molecule has 0 spiro atoms. The van der Waals surface area contributed by atoms with Gasteiger partial charge in [-0.1, -0.05) is 24.3 Å². The van der Waals surface area contributed by atoms with Crippen LogP contribution in [0.25, 0.3) is 0 Å². The van der Waals surface area contributed by atoms with E-state index in [0.717, 1.165) is 18.2 Å². The minimum absolute atomic E-state index is 0.0425. The standard InChI is InChI=1S/C21H16F3N3/c1-21(23,24)15-4-2-3-14(8-15)17-9-19(27-12-26-11-20(17)27)16-6-5-13(10-25)7-18(16)22/h2-8,11-12,17,19H,9H2,1H3/t17?,19-/m1/s1. The highest BCUT2D eigenvalue weighted by Crippen LogP contribution is 2.44. The lowest BCUT2D eigenvalue weighted by Crippen LogP contribution is -2.08. The Balaban J connectivity index is 1.74. The Morgan fingerprint density at radius 2 is 2.04 bits per heavy atom. The molecule has 2 heterocycles.